The molecule has 0 saturated heterocycles. The second-order valence-electron chi connectivity index (χ2n) is 6.52. The van der Waals surface area contributed by atoms with Crippen LogP contribution in [0.5, 0.6) is 5.75 Å². The zero-order chi connectivity index (χ0) is 19.2. The molecule has 1 aromatic heterocycles. The van der Waals surface area contributed by atoms with E-state index in [0.717, 1.165) is 34.7 Å². The summed E-state index contributed by atoms with van der Waals surface area (Å²) in [6.45, 7) is 3.53. The van der Waals surface area contributed by atoms with E-state index in [1.165, 1.54) is 12.5 Å². The van der Waals surface area contributed by atoms with Crippen LogP contribution < -0.4 is 10.1 Å². The molecule has 5 nitrogen and oxygen atoms in total. The third kappa shape index (κ3) is 4.91. The number of hydrogen-bond donors (Lipinski definition) is 1. The maximum absolute atomic E-state index is 11.1. The van der Waals surface area contributed by atoms with Crippen LogP contribution in [0.25, 0.3) is 22.5 Å². The normalized spacial score (nSPS) is 11.7. The number of carbonyl (C=O) groups excluding carboxylic acids is 1. The first-order valence-corrected chi connectivity index (χ1v) is 8.88. The van der Waals surface area contributed by atoms with Crippen LogP contribution in [0.15, 0.2) is 60.9 Å². The molecule has 1 unspecified atom stereocenters. The van der Waals surface area contributed by atoms with Gasteiger partial charge >= 0.3 is 0 Å². The predicted molar refractivity (Wildman–Crippen MR) is 106 cm³/mol. The summed E-state index contributed by atoms with van der Waals surface area (Å²) in [6.07, 6.45) is 4.36. The molecule has 1 heterocycles. The third-order valence-corrected chi connectivity index (χ3v) is 4.28. The lowest BCUT2D eigenvalue weighted by atomic mass is 10.0. The van der Waals surface area contributed by atoms with E-state index >= 15 is 0 Å². The number of aromatic nitrogens is 2. The van der Waals surface area contributed by atoms with Crippen molar-refractivity contribution in [3.8, 4) is 28.3 Å². The molecule has 0 aliphatic rings. The van der Waals surface area contributed by atoms with Crippen LogP contribution >= 0.6 is 0 Å². The minimum atomic E-state index is -0.00801. The van der Waals surface area contributed by atoms with Crippen molar-refractivity contribution < 1.29 is 9.53 Å². The summed E-state index contributed by atoms with van der Waals surface area (Å²) in [5, 5.41) is 2.90. The summed E-state index contributed by atoms with van der Waals surface area (Å²) >= 11 is 0. The molecule has 1 atom stereocenters. The second kappa shape index (κ2) is 8.45. The molecular weight excluding hydrogens is 338 g/mol. The number of carbonyl (C=O) groups is 1. The summed E-state index contributed by atoms with van der Waals surface area (Å²) in [6, 6.07) is 16.1. The van der Waals surface area contributed by atoms with E-state index in [0.29, 0.717) is 0 Å². The van der Waals surface area contributed by atoms with Gasteiger partial charge in [0.15, 0.2) is 0 Å². The fourth-order valence-corrected chi connectivity index (χ4v) is 2.95. The number of ether oxygens (including phenoxy) is 1. The van der Waals surface area contributed by atoms with Crippen molar-refractivity contribution in [2.45, 2.75) is 26.3 Å². The lowest BCUT2D eigenvalue weighted by Crippen LogP contribution is -2.31. The van der Waals surface area contributed by atoms with E-state index in [9.17, 15) is 4.79 Å². The Labute approximate surface area is 159 Å². The lowest BCUT2D eigenvalue weighted by molar-refractivity contribution is -0.119. The molecule has 0 spiro atoms. The van der Waals surface area contributed by atoms with E-state index in [1.807, 2.05) is 43.3 Å². The molecule has 3 aromatic rings. The minimum absolute atomic E-state index is 0.00801. The van der Waals surface area contributed by atoms with Gasteiger partial charge in [0.05, 0.1) is 30.9 Å². The van der Waals surface area contributed by atoms with Crippen LogP contribution in [0, 0.1) is 0 Å². The number of methoxy groups -OCH3 is 1. The van der Waals surface area contributed by atoms with Crippen LogP contribution in [0.2, 0.25) is 0 Å². The van der Waals surface area contributed by atoms with Gasteiger partial charge in [-0.3, -0.25) is 14.8 Å². The lowest BCUT2D eigenvalue weighted by Gasteiger charge is -2.12. The van der Waals surface area contributed by atoms with E-state index in [-0.39, 0.29) is 11.9 Å². The molecule has 138 valence electrons. The predicted octanol–water partition coefficient (Wildman–Crippen LogP) is 3.89. The monoisotopic (exact) mass is 361 g/mol. The molecule has 5 heteroatoms. The zero-order valence-corrected chi connectivity index (χ0v) is 15.8. The highest BCUT2D eigenvalue weighted by molar-refractivity contribution is 5.73. The van der Waals surface area contributed by atoms with Gasteiger partial charge in [0, 0.05) is 24.1 Å². The Kier molecular flexibility index (Phi) is 5.81. The molecule has 0 bridgehead atoms. The number of rotatable bonds is 6. The van der Waals surface area contributed by atoms with Crippen LogP contribution in [-0.2, 0) is 11.2 Å². The number of hydrogen-bond acceptors (Lipinski definition) is 4. The Morgan fingerprint density at radius 1 is 0.963 bits per heavy atom. The molecule has 0 radical (unpaired) electrons. The Hall–Kier alpha value is -3.21. The summed E-state index contributed by atoms with van der Waals surface area (Å²) in [4.78, 5) is 20.2. The summed E-state index contributed by atoms with van der Waals surface area (Å²) in [7, 11) is 1.65. The molecule has 2 aromatic carbocycles. The molecule has 0 aliphatic carbocycles. The van der Waals surface area contributed by atoms with Crippen molar-refractivity contribution in [2.75, 3.05) is 7.11 Å². The highest BCUT2D eigenvalue weighted by Gasteiger charge is 2.07. The zero-order valence-electron chi connectivity index (χ0n) is 15.8. The summed E-state index contributed by atoms with van der Waals surface area (Å²) < 4.78 is 5.18. The number of benzene rings is 2. The standard InChI is InChI=1S/C22H23N3O2/c1-15(25-16(2)26)12-17-4-6-18(7-5-17)21-13-24-22(14-23-21)19-8-10-20(27-3)11-9-19/h4-11,13-15H,12H2,1-3H3,(H,25,26). The van der Waals surface area contributed by atoms with E-state index in [4.69, 9.17) is 4.74 Å². The number of amides is 1. The van der Waals surface area contributed by atoms with E-state index < -0.39 is 0 Å². The van der Waals surface area contributed by atoms with Gasteiger partial charge in [-0.15, -0.1) is 0 Å². The highest BCUT2D eigenvalue weighted by atomic mass is 16.5. The number of nitrogens with one attached hydrogen (secondary N) is 1. The van der Waals surface area contributed by atoms with Gasteiger partial charge in [-0.2, -0.15) is 0 Å². The fourth-order valence-electron chi connectivity index (χ4n) is 2.95. The SMILES string of the molecule is COc1ccc(-c2cnc(-c3ccc(CC(C)NC(C)=O)cc3)cn2)cc1. The molecular formula is C22H23N3O2. The maximum Gasteiger partial charge on any atom is 0.217 e. The largest absolute Gasteiger partial charge is 0.497 e. The minimum Gasteiger partial charge on any atom is -0.497 e. The van der Waals surface area contributed by atoms with Crippen molar-refractivity contribution >= 4 is 5.91 Å². The third-order valence-electron chi connectivity index (χ3n) is 4.28. The quantitative estimate of drug-likeness (QED) is 0.723. The molecule has 0 saturated carbocycles. The van der Waals surface area contributed by atoms with Crippen molar-refractivity contribution in [3.63, 3.8) is 0 Å². The van der Waals surface area contributed by atoms with Crippen molar-refractivity contribution in [2.24, 2.45) is 0 Å². The van der Waals surface area contributed by atoms with Gasteiger partial charge < -0.3 is 10.1 Å². The van der Waals surface area contributed by atoms with Gasteiger partial charge in [0.2, 0.25) is 5.91 Å². The first-order chi connectivity index (χ1) is 13.0. The first kappa shape index (κ1) is 18.6. The van der Waals surface area contributed by atoms with Crippen molar-refractivity contribution in [1.29, 1.82) is 0 Å². The van der Waals surface area contributed by atoms with Gasteiger partial charge in [-0.05, 0) is 43.2 Å². The van der Waals surface area contributed by atoms with Crippen molar-refractivity contribution in [1.82, 2.24) is 15.3 Å². The van der Waals surface area contributed by atoms with Gasteiger partial charge in [0.1, 0.15) is 5.75 Å². The smallest absolute Gasteiger partial charge is 0.217 e. The number of nitrogens with zero attached hydrogens (tertiary/aromatic N) is 2. The van der Waals surface area contributed by atoms with E-state index in [2.05, 4.69) is 27.4 Å². The summed E-state index contributed by atoms with van der Waals surface area (Å²) in [5.74, 6) is 0.808. The van der Waals surface area contributed by atoms with Crippen LogP contribution in [-0.4, -0.2) is 29.0 Å². The Morgan fingerprint density at radius 3 is 1.93 bits per heavy atom. The molecule has 0 aliphatic heterocycles. The van der Waals surface area contributed by atoms with Crippen LogP contribution in [0.4, 0.5) is 0 Å². The molecule has 3 rings (SSSR count). The van der Waals surface area contributed by atoms with Gasteiger partial charge in [0.25, 0.3) is 0 Å². The average Bonchev–Trinajstić information content (AvgIpc) is 2.68. The Morgan fingerprint density at radius 2 is 1.48 bits per heavy atom. The molecule has 1 N–H and O–H groups in total. The van der Waals surface area contributed by atoms with Gasteiger partial charge in [-0.1, -0.05) is 24.3 Å². The van der Waals surface area contributed by atoms with Crippen molar-refractivity contribution in [3.05, 3.63) is 66.5 Å². The topological polar surface area (TPSA) is 64.1 Å². The average molecular weight is 361 g/mol. The van der Waals surface area contributed by atoms with Crippen LogP contribution in [0.1, 0.15) is 19.4 Å². The van der Waals surface area contributed by atoms with E-state index in [1.54, 1.807) is 19.5 Å². The molecule has 27 heavy (non-hydrogen) atoms. The first-order valence-electron chi connectivity index (χ1n) is 8.88. The molecule has 0 fully saturated rings. The summed E-state index contributed by atoms with van der Waals surface area (Å²) in [5.41, 5.74) is 4.83. The highest BCUT2D eigenvalue weighted by Crippen LogP contribution is 2.22. The van der Waals surface area contributed by atoms with Gasteiger partial charge in [-0.25, -0.2) is 0 Å². The fraction of sp³-hybridized carbons (Fsp3) is 0.227. The van der Waals surface area contributed by atoms with Crippen LogP contribution in [0.3, 0.4) is 0 Å². The Bertz CT molecular complexity index is 888. The molecule has 1 amide bonds. The maximum atomic E-state index is 11.1. The Balaban J connectivity index is 1.70. The second-order valence-corrected chi connectivity index (χ2v) is 6.52.